The molecule has 2 aliphatic rings. The molecule has 172 valence electrons. The molecule has 2 fully saturated rings. The van der Waals surface area contributed by atoms with E-state index in [4.69, 9.17) is 19.7 Å². The summed E-state index contributed by atoms with van der Waals surface area (Å²) < 4.78 is 5.58. The van der Waals surface area contributed by atoms with Crippen LogP contribution in [0.15, 0.2) is 60.7 Å². The molecule has 1 aromatic heterocycles. The van der Waals surface area contributed by atoms with E-state index in [0.29, 0.717) is 31.2 Å². The van der Waals surface area contributed by atoms with E-state index < -0.39 is 0 Å². The number of piperidine rings is 1. The number of para-hydroxylation sites is 2. The summed E-state index contributed by atoms with van der Waals surface area (Å²) in [6.45, 7) is 7.50. The molecule has 2 aliphatic heterocycles. The fraction of sp³-hybridized carbons (Fsp3) is 0.423. The Morgan fingerprint density at radius 3 is 1.88 bits per heavy atom. The summed E-state index contributed by atoms with van der Waals surface area (Å²) in [6, 6.07) is 21.4. The van der Waals surface area contributed by atoms with Crippen LogP contribution >= 0.6 is 0 Å². The molecule has 2 atom stereocenters. The molecule has 0 bridgehead atoms. The van der Waals surface area contributed by atoms with Crippen molar-refractivity contribution in [3.05, 3.63) is 60.7 Å². The number of anilines is 5. The minimum absolute atomic E-state index is 0.392. The summed E-state index contributed by atoms with van der Waals surface area (Å²) in [4.78, 5) is 21.8. The van der Waals surface area contributed by atoms with Gasteiger partial charge in [0, 0.05) is 36.5 Å². The summed E-state index contributed by atoms with van der Waals surface area (Å²) in [6.07, 6.45) is 3.55. The third-order valence-corrected chi connectivity index (χ3v) is 6.55. The second-order valence-corrected chi connectivity index (χ2v) is 8.88. The molecular formula is C26H32N6O. The fourth-order valence-electron chi connectivity index (χ4n) is 4.81. The maximum Gasteiger partial charge on any atom is 0.241 e. The summed E-state index contributed by atoms with van der Waals surface area (Å²) in [5.41, 5.74) is 2.04. The van der Waals surface area contributed by atoms with Gasteiger partial charge in [-0.1, -0.05) is 36.4 Å². The average molecular weight is 445 g/mol. The predicted molar refractivity (Wildman–Crippen MR) is 133 cm³/mol. The lowest BCUT2D eigenvalue weighted by Gasteiger charge is -2.39. The molecule has 3 aromatic rings. The molecule has 2 unspecified atom stereocenters. The van der Waals surface area contributed by atoms with Gasteiger partial charge in [0.05, 0.1) is 13.2 Å². The van der Waals surface area contributed by atoms with Gasteiger partial charge in [-0.3, -0.25) is 4.90 Å². The molecule has 33 heavy (non-hydrogen) atoms. The molecule has 0 saturated carbocycles. The van der Waals surface area contributed by atoms with Crippen molar-refractivity contribution >= 4 is 29.2 Å². The molecule has 2 aromatic carbocycles. The van der Waals surface area contributed by atoms with Crippen LogP contribution in [-0.2, 0) is 4.74 Å². The van der Waals surface area contributed by atoms with Gasteiger partial charge in [0.15, 0.2) is 0 Å². The van der Waals surface area contributed by atoms with Gasteiger partial charge in [0.2, 0.25) is 17.8 Å². The van der Waals surface area contributed by atoms with Gasteiger partial charge < -0.3 is 14.5 Å². The normalized spacial score (nSPS) is 21.2. The fourth-order valence-corrected chi connectivity index (χ4v) is 4.81. The average Bonchev–Trinajstić information content (AvgIpc) is 2.86. The van der Waals surface area contributed by atoms with Gasteiger partial charge in [0.25, 0.3) is 0 Å². The molecule has 2 saturated heterocycles. The van der Waals surface area contributed by atoms with E-state index in [1.807, 2.05) is 36.4 Å². The van der Waals surface area contributed by atoms with E-state index >= 15 is 0 Å². The molecular weight excluding hydrogens is 412 g/mol. The summed E-state index contributed by atoms with van der Waals surface area (Å²) in [5, 5.41) is 0. The standard InChI is InChI=1S/C26H32N6O/c1-20-10-9-11-21(2)31(20)25-27-24(30-16-18-33-19-17-30)28-26(29-25)32(22-12-5-3-6-13-22)23-14-7-4-8-15-23/h3-8,12-15,20-21H,9-11,16-19H2,1-2H3. The maximum atomic E-state index is 5.58. The van der Waals surface area contributed by atoms with Crippen LogP contribution in [0.1, 0.15) is 33.1 Å². The molecule has 0 radical (unpaired) electrons. The quantitative estimate of drug-likeness (QED) is 0.552. The van der Waals surface area contributed by atoms with E-state index in [-0.39, 0.29) is 0 Å². The lowest BCUT2D eigenvalue weighted by molar-refractivity contribution is 0.122. The van der Waals surface area contributed by atoms with E-state index in [0.717, 1.165) is 49.2 Å². The Morgan fingerprint density at radius 1 is 0.758 bits per heavy atom. The molecule has 3 heterocycles. The van der Waals surface area contributed by atoms with Crippen LogP contribution in [-0.4, -0.2) is 53.3 Å². The summed E-state index contributed by atoms with van der Waals surface area (Å²) in [7, 11) is 0. The minimum atomic E-state index is 0.392. The second-order valence-electron chi connectivity index (χ2n) is 8.88. The van der Waals surface area contributed by atoms with E-state index in [9.17, 15) is 0 Å². The summed E-state index contributed by atoms with van der Waals surface area (Å²) in [5.74, 6) is 2.13. The minimum Gasteiger partial charge on any atom is -0.378 e. The molecule has 7 heteroatoms. The van der Waals surface area contributed by atoms with Crippen LogP contribution in [0, 0.1) is 0 Å². The largest absolute Gasteiger partial charge is 0.378 e. The van der Waals surface area contributed by atoms with Crippen LogP contribution in [0.5, 0.6) is 0 Å². The van der Waals surface area contributed by atoms with Crippen molar-refractivity contribution in [3.8, 4) is 0 Å². The molecule has 7 nitrogen and oxygen atoms in total. The molecule has 0 amide bonds. The lowest BCUT2D eigenvalue weighted by Crippen LogP contribution is -2.45. The Bertz CT molecular complexity index is 992. The Hall–Kier alpha value is -3.19. The predicted octanol–water partition coefficient (Wildman–Crippen LogP) is 4.95. The number of hydrogen-bond donors (Lipinski definition) is 0. The highest BCUT2D eigenvalue weighted by Gasteiger charge is 2.30. The van der Waals surface area contributed by atoms with Crippen LogP contribution < -0.4 is 14.7 Å². The van der Waals surface area contributed by atoms with Crippen molar-refractivity contribution in [2.75, 3.05) is 41.0 Å². The highest BCUT2D eigenvalue weighted by molar-refractivity contribution is 5.73. The van der Waals surface area contributed by atoms with E-state index in [2.05, 4.69) is 52.8 Å². The molecule has 5 rings (SSSR count). The topological polar surface area (TPSA) is 57.6 Å². The number of rotatable bonds is 5. The zero-order valence-electron chi connectivity index (χ0n) is 19.5. The monoisotopic (exact) mass is 444 g/mol. The Kier molecular flexibility index (Phi) is 6.39. The van der Waals surface area contributed by atoms with Crippen LogP contribution in [0.25, 0.3) is 0 Å². The van der Waals surface area contributed by atoms with Crippen molar-refractivity contribution in [3.63, 3.8) is 0 Å². The van der Waals surface area contributed by atoms with Crippen LogP contribution in [0.3, 0.4) is 0 Å². The SMILES string of the molecule is CC1CCCC(C)N1c1nc(N2CCOCC2)nc(N(c2ccccc2)c2ccccc2)n1. The number of benzene rings is 2. The van der Waals surface area contributed by atoms with E-state index in [1.54, 1.807) is 0 Å². The number of ether oxygens (including phenoxy) is 1. The maximum absolute atomic E-state index is 5.58. The third-order valence-electron chi connectivity index (χ3n) is 6.55. The number of nitrogens with zero attached hydrogens (tertiary/aromatic N) is 6. The highest BCUT2D eigenvalue weighted by atomic mass is 16.5. The first-order chi connectivity index (χ1) is 16.2. The van der Waals surface area contributed by atoms with Gasteiger partial charge in [-0.25, -0.2) is 0 Å². The number of hydrogen-bond acceptors (Lipinski definition) is 7. The smallest absolute Gasteiger partial charge is 0.241 e. The third kappa shape index (κ3) is 4.64. The molecule has 0 spiro atoms. The Labute approximate surface area is 196 Å². The van der Waals surface area contributed by atoms with Crippen LogP contribution in [0.4, 0.5) is 29.2 Å². The van der Waals surface area contributed by atoms with E-state index in [1.165, 1.54) is 6.42 Å². The zero-order valence-corrected chi connectivity index (χ0v) is 19.5. The summed E-state index contributed by atoms with van der Waals surface area (Å²) >= 11 is 0. The first-order valence-corrected chi connectivity index (χ1v) is 12.0. The van der Waals surface area contributed by atoms with Gasteiger partial charge in [-0.05, 0) is 57.4 Å². The molecule has 0 N–H and O–H groups in total. The Balaban J connectivity index is 1.65. The van der Waals surface area contributed by atoms with Crippen molar-refractivity contribution < 1.29 is 4.74 Å². The molecule has 0 aliphatic carbocycles. The first-order valence-electron chi connectivity index (χ1n) is 12.0. The van der Waals surface area contributed by atoms with Crippen molar-refractivity contribution in [1.29, 1.82) is 0 Å². The second kappa shape index (κ2) is 9.75. The highest BCUT2D eigenvalue weighted by Crippen LogP contribution is 2.35. The van der Waals surface area contributed by atoms with Gasteiger partial charge in [0.1, 0.15) is 0 Å². The Morgan fingerprint density at radius 2 is 1.30 bits per heavy atom. The van der Waals surface area contributed by atoms with Crippen molar-refractivity contribution in [2.24, 2.45) is 0 Å². The van der Waals surface area contributed by atoms with Crippen molar-refractivity contribution in [1.82, 2.24) is 15.0 Å². The first kappa shape index (κ1) is 21.6. The van der Waals surface area contributed by atoms with Gasteiger partial charge in [-0.15, -0.1) is 0 Å². The number of aromatic nitrogens is 3. The number of morpholine rings is 1. The zero-order chi connectivity index (χ0) is 22.6. The van der Waals surface area contributed by atoms with Gasteiger partial charge >= 0.3 is 0 Å². The lowest BCUT2D eigenvalue weighted by atomic mass is 9.98. The van der Waals surface area contributed by atoms with Gasteiger partial charge in [-0.2, -0.15) is 15.0 Å². The van der Waals surface area contributed by atoms with Crippen LogP contribution in [0.2, 0.25) is 0 Å². The van der Waals surface area contributed by atoms with Crippen molar-refractivity contribution in [2.45, 2.75) is 45.2 Å².